The molecule has 4 nitrogen and oxygen atoms in total. The standard InChI is InChI=1S/C21H12Cl3N3O/c22-12-9-10-15(17(24)11-12)21(28)27-20-14-6-2-1-5-13(14)19(26-20)25-18-8-4-3-7-16(18)23/h1-11H,(H,25,26,27,28). The van der Waals surface area contributed by atoms with Crippen molar-refractivity contribution in [3.63, 3.8) is 0 Å². The van der Waals surface area contributed by atoms with Crippen molar-refractivity contribution in [2.45, 2.75) is 0 Å². The van der Waals surface area contributed by atoms with Crippen molar-refractivity contribution in [2.75, 3.05) is 0 Å². The third-order valence-electron chi connectivity index (χ3n) is 4.13. The number of aliphatic imine (C=N–C) groups is 2. The summed E-state index contributed by atoms with van der Waals surface area (Å²) in [5.41, 5.74) is 2.49. The Labute approximate surface area is 176 Å². The first-order chi connectivity index (χ1) is 13.5. The molecule has 7 heteroatoms. The molecule has 1 aliphatic rings. The van der Waals surface area contributed by atoms with Gasteiger partial charge < -0.3 is 5.32 Å². The molecule has 0 aliphatic carbocycles. The third kappa shape index (κ3) is 3.67. The molecule has 1 heterocycles. The van der Waals surface area contributed by atoms with Crippen LogP contribution in [0.4, 0.5) is 5.69 Å². The molecule has 3 aromatic rings. The van der Waals surface area contributed by atoms with Crippen LogP contribution in [0, 0.1) is 0 Å². The van der Waals surface area contributed by atoms with Crippen molar-refractivity contribution < 1.29 is 4.79 Å². The van der Waals surface area contributed by atoms with Gasteiger partial charge in [-0.1, -0.05) is 71.2 Å². The second-order valence-corrected chi connectivity index (χ2v) is 7.22. The van der Waals surface area contributed by atoms with Gasteiger partial charge >= 0.3 is 0 Å². The lowest BCUT2D eigenvalue weighted by atomic mass is 10.1. The Morgan fingerprint density at radius 2 is 1.57 bits per heavy atom. The summed E-state index contributed by atoms with van der Waals surface area (Å²) in [6.07, 6.45) is 0. The predicted octanol–water partition coefficient (Wildman–Crippen LogP) is 5.92. The maximum atomic E-state index is 12.7. The Kier molecular flexibility index (Phi) is 5.18. The van der Waals surface area contributed by atoms with E-state index in [1.54, 1.807) is 24.3 Å². The zero-order chi connectivity index (χ0) is 19.7. The van der Waals surface area contributed by atoms with Crippen LogP contribution in [0.3, 0.4) is 0 Å². The van der Waals surface area contributed by atoms with Crippen molar-refractivity contribution in [1.29, 1.82) is 0 Å². The van der Waals surface area contributed by atoms with Crippen LogP contribution in [0.25, 0.3) is 0 Å². The molecular weight excluding hydrogens is 417 g/mol. The van der Waals surface area contributed by atoms with Gasteiger partial charge in [-0.05, 0) is 30.3 Å². The van der Waals surface area contributed by atoms with E-state index in [9.17, 15) is 4.79 Å². The number of fused-ring (bicyclic) bond motifs is 1. The normalized spacial score (nSPS) is 14.0. The van der Waals surface area contributed by atoms with E-state index >= 15 is 0 Å². The minimum Gasteiger partial charge on any atom is -0.306 e. The monoisotopic (exact) mass is 427 g/mol. The number of nitrogens with zero attached hydrogens (tertiary/aromatic N) is 2. The summed E-state index contributed by atoms with van der Waals surface area (Å²) in [6.45, 7) is 0. The van der Waals surface area contributed by atoms with E-state index in [4.69, 9.17) is 34.8 Å². The molecule has 0 fully saturated rings. The lowest BCUT2D eigenvalue weighted by Gasteiger charge is -2.07. The quantitative estimate of drug-likeness (QED) is 0.541. The number of carbonyl (C=O) groups excluding carboxylic acids is 1. The summed E-state index contributed by atoms with van der Waals surface area (Å²) >= 11 is 18.3. The molecule has 3 aromatic carbocycles. The minimum absolute atomic E-state index is 0.266. The summed E-state index contributed by atoms with van der Waals surface area (Å²) in [6, 6.07) is 19.5. The highest BCUT2D eigenvalue weighted by Crippen LogP contribution is 2.28. The number of benzene rings is 3. The number of halogens is 3. The van der Waals surface area contributed by atoms with Gasteiger partial charge in [0.25, 0.3) is 5.91 Å². The largest absolute Gasteiger partial charge is 0.306 e. The van der Waals surface area contributed by atoms with Crippen molar-refractivity contribution in [3.8, 4) is 0 Å². The molecule has 0 unspecified atom stereocenters. The molecule has 0 aromatic heterocycles. The van der Waals surface area contributed by atoms with Crippen LogP contribution in [0.5, 0.6) is 0 Å². The van der Waals surface area contributed by atoms with E-state index in [0.717, 1.165) is 11.1 Å². The van der Waals surface area contributed by atoms with Gasteiger partial charge in [-0.25, -0.2) is 9.98 Å². The van der Waals surface area contributed by atoms with Crippen LogP contribution in [0.15, 0.2) is 76.7 Å². The van der Waals surface area contributed by atoms with Crippen LogP contribution in [-0.4, -0.2) is 17.6 Å². The molecule has 1 N–H and O–H groups in total. The van der Waals surface area contributed by atoms with E-state index in [-0.39, 0.29) is 10.9 Å². The number of hydrogen-bond acceptors (Lipinski definition) is 2. The molecule has 1 amide bonds. The lowest BCUT2D eigenvalue weighted by molar-refractivity contribution is 0.0977. The van der Waals surface area contributed by atoms with Gasteiger partial charge in [0.05, 0.1) is 21.3 Å². The summed E-state index contributed by atoms with van der Waals surface area (Å²) in [4.78, 5) is 21.8. The van der Waals surface area contributed by atoms with Crippen LogP contribution in [0.2, 0.25) is 15.1 Å². The number of para-hydroxylation sites is 1. The molecule has 0 atom stereocenters. The zero-order valence-corrected chi connectivity index (χ0v) is 16.6. The van der Waals surface area contributed by atoms with Crippen LogP contribution >= 0.6 is 34.8 Å². The van der Waals surface area contributed by atoms with Crippen molar-refractivity contribution in [1.82, 2.24) is 5.32 Å². The first-order valence-corrected chi connectivity index (χ1v) is 9.44. The van der Waals surface area contributed by atoms with E-state index in [0.29, 0.717) is 33.0 Å². The van der Waals surface area contributed by atoms with Gasteiger partial charge in [0.1, 0.15) is 5.84 Å². The topological polar surface area (TPSA) is 53.8 Å². The number of amidine groups is 2. The molecule has 138 valence electrons. The highest BCUT2D eigenvalue weighted by atomic mass is 35.5. The van der Waals surface area contributed by atoms with Gasteiger partial charge in [0, 0.05) is 16.1 Å². The van der Waals surface area contributed by atoms with E-state index in [1.807, 2.05) is 36.4 Å². The van der Waals surface area contributed by atoms with Crippen molar-refractivity contribution in [2.24, 2.45) is 9.98 Å². The van der Waals surface area contributed by atoms with Gasteiger partial charge in [0.2, 0.25) is 0 Å². The molecule has 0 bridgehead atoms. The van der Waals surface area contributed by atoms with Crippen LogP contribution in [0.1, 0.15) is 21.5 Å². The SMILES string of the molecule is O=C(NC1=NC(=Nc2ccccc2Cl)c2ccccc21)c1ccc(Cl)cc1Cl. The minimum atomic E-state index is -0.380. The van der Waals surface area contributed by atoms with Crippen molar-refractivity contribution >= 4 is 58.1 Å². The molecule has 4 rings (SSSR count). The van der Waals surface area contributed by atoms with Gasteiger partial charge in [0.15, 0.2) is 5.84 Å². The second kappa shape index (κ2) is 7.76. The average Bonchev–Trinajstić information content (AvgIpc) is 3.01. The molecule has 28 heavy (non-hydrogen) atoms. The molecular formula is C21H12Cl3N3O. The maximum Gasteiger partial charge on any atom is 0.258 e. The predicted molar refractivity (Wildman–Crippen MR) is 115 cm³/mol. The van der Waals surface area contributed by atoms with Gasteiger partial charge in [-0.15, -0.1) is 0 Å². The highest BCUT2D eigenvalue weighted by molar-refractivity contribution is 6.37. The third-order valence-corrected chi connectivity index (χ3v) is 4.99. The molecule has 0 saturated heterocycles. The summed E-state index contributed by atoms with van der Waals surface area (Å²) in [7, 11) is 0. The molecule has 0 spiro atoms. The summed E-state index contributed by atoms with van der Waals surface area (Å²) < 4.78 is 0. The molecule has 0 radical (unpaired) electrons. The number of amides is 1. The van der Waals surface area contributed by atoms with E-state index < -0.39 is 0 Å². The fourth-order valence-electron chi connectivity index (χ4n) is 2.80. The summed E-state index contributed by atoms with van der Waals surface area (Å²) in [5, 5.41) is 4.06. The Bertz CT molecular complexity index is 1160. The number of hydrogen-bond donors (Lipinski definition) is 1. The van der Waals surface area contributed by atoms with Crippen molar-refractivity contribution in [3.05, 3.63) is 98.5 Å². The molecule has 0 saturated carbocycles. The Morgan fingerprint density at radius 3 is 2.32 bits per heavy atom. The first-order valence-electron chi connectivity index (χ1n) is 8.31. The smallest absolute Gasteiger partial charge is 0.258 e. The number of rotatable bonds is 2. The Balaban J connectivity index is 1.71. The van der Waals surface area contributed by atoms with Crippen LogP contribution in [-0.2, 0) is 0 Å². The lowest BCUT2D eigenvalue weighted by Crippen LogP contribution is -2.30. The highest BCUT2D eigenvalue weighted by Gasteiger charge is 2.24. The fourth-order valence-corrected chi connectivity index (χ4v) is 3.47. The number of carbonyl (C=O) groups is 1. The molecule has 1 aliphatic heterocycles. The van der Waals surface area contributed by atoms with E-state index in [2.05, 4.69) is 15.3 Å². The Hall–Kier alpha value is -2.66. The average molecular weight is 429 g/mol. The second-order valence-electron chi connectivity index (χ2n) is 5.97. The van der Waals surface area contributed by atoms with Gasteiger partial charge in [-0.3, -0.25) is 4.79 Å². The number of nitrogens with one attached hydrogen (secondary N) is 1. The van der Waals surface area contributed by atoms with Gasteiger partial charge in [-0.2, -0.15) is 0 Å². The van der Waals surface area contributed by atoms with E-state index in [1.165, 1.54) is 6.07 Å². The fraction of sp³-hybridized carbons (Fsp3) is 0. The van der Waals surface area contributed by atoms with Crippen LogP contribution < -0.4 is 5.32 Å². The Morgan fingerprint density at radius 1 is 0.857 bits per heavy atom. The zero-order valence-electron chi connectivity index (χ0n) is 14.3. The summed E-state index contributed by atoms with van der Waals surface area (Å²) in [5.74, 6) is 0.493. The maximum absolute atomic E-state index is 12.7. The first kappa shape index (κ1) is 18.7.